The van der Waals surface area contributed by atoms with Gasteiger partial charge in [0.2, 0.25) is 3.79 Å². The summed E-state index contributed by atoms with van der Waals surface area (Å²) in [6, 6.07) is 12.5. The van der Waals surface area contributed by atoms with Crippen molar-refractivity contribution < 1.29 is 9.18 Å². The van der Waals surface area contributed by atoms with Crippen LogP contribution in [-0.2, 0) is 0 Å². The maximum absolute atomic E-state index is 12.9. The minimum atomic E-state index is -1.80. The molecule has 7 heteroatoms. The van der Waals surface area contributed by atoms with E-state index in [0.717, 1.165) is 5.56 Å². The molecule has 0 fully saturated rings. The van der Waals surface area contributed by atoms with Crippen molar-refractivity contribution in [3.05, 3.63) is 65.5 Å². The van der Waals surface area contributed by atoms with E-state index < -0.39 is 15.9 Å². The third-order valence-corrected chi connectivity index (χ3v) is 3.73. The van der Waals surface area contributed by atoms with Crippen LogP contribution in [0.15, 0.2) is 48.5 Å². The zero-order valence-corrected chi connectivity index (χ0v) is 14.4. The molecule has 0 aliphatic heterocycles. The lowest BCUT2D eigenvalue weighted by atomic mass is 10.1. The summed E-state index contributed by atoms with van der Waals surface area (Å²) in [5, 5.41) is 5.48. The first-order valence-electron chi connectivity index (χ1n) is 6.72. The van der Waals surface area contributed by atoms with Gasteiger partial charge in [0, 0.05) is 11.3 Å². The quantitative estimate of drug-likeness (QED) is 0.602. The highest BCUT2D eigenvalue weighted by Crippen LogP contribution is 2.31. The van der Waals surface area contributed by atoms with Gasteiger partial charge >= 0.3 is 0 Å². The fraction of sp³-hybridized carbons (Fsp3) is 0.188. The summed E-state index contributed by atoms with van der Waals surface area (Å²) in [4.78, 5) is 12.3. The Kier molecular flexibility index (Phi) is 5.74. The molecule has 2 N–H and O–H groups in total. The lowest BCUT2D eigenvalue weighted by Gasteiger charge is -2.27. The predicted molar refractivity (Wildman–Crippen MR) is 92.7 cm³/mol. The van der Waals surface area contributed by atoms with Gasteiger partial charge in [0.25, 0.3) is 5.91 Å². The Labute approximate surface area is 148 Å². The number of rotatable bonds is 4. The monoisotopic (exact) mass is 374 g/mol. The molecule has 2 aromatic rings. The van der Waals surface area contributed by atoms with Gasteiger partial charge in [0.1, 0.15) is 12.0 Å². The summed E-state index contributed by atoms with van der Waals surface area (Å²) in [5.74, 6) is -0.777. The van der Waals surface area contributed by atoms with Crippen molar-refractivity contribution in [2.75, 3.05) is 5.32 Å². The fourth-order valence-electron chi connectivity index (χ4n) is 1.83. The van der Waals surface area contributed by atoms with Crippen LogP contribution in [-0.4, -0.2) is 15.9 Å². The van der Waals surface area contributed by atoms with Crippen LogP contribution in [0.3, 0.4) is 0 Å². The second-order valence-electron chi connectivity index (χ2n) is 4.97. The highest BCUT2D eigenvalue weighted by molar-refractivity contribution is 6.68. The molecular formula is C16H14Cl3FN2O. The van der Waals surface area contributed by atoms with Crippen LogP contribution < -0.4 is 10.6 Å². The first kappa shape index (κ1) is 17.9. The second kappa shape index (κ2) is 7.39. The van der Waals surface area contributed by atoms with Crippen LogP contribution in [0, 0.1) is 12.7 Å². The molecule has 0 aliphatic rings. The highest BCUT2D eigenvalue weighted by Gasteiger charge is 2.34. The minimum absolute atomic E-state index is 0.385. The molecule has 0 saturated heterocycles. The highest BCUT2D eigenvalue weighted by atomic mass is 35.6. The maximum atomic E-state index is 12.9. The standard InChI is InChI=1S/C16H14Cl3FN2O/c1-10-2-4-11(5-3-10)14(23)22-15(16(17,18)19)21-13-8-6-12(20)7-9-13/h2-9,15,21H,1H3,(H,22,23)/t15-/m1/s1. The number of anilines is 1. The molecular weight excluding hydrogens is 362 g/mol. The molecule has 2 aromatic carbocycles. The summed E-state index contributed by atoms with van der Waals surface area (Å²) < 4.78 is 11.1. The van der Waals surface area contributed by atoms with E-state index in [1.807, 2.05) is 19.1 Å². The number of carbonyl (C=O) groups is 1. The van der Waals surface area contributed by atoms with E-state index in [-0.39, 0.29) is 5.82 Å². The van der Waals surface area contributed by atoms with Gasteiger partial charge in [0.05, 0.1) is 0 Å². The Bertz CT molecular complexity index is 669. The summed E-state index contributed by atoms with van der Waals surface area (Å²) in [6.45, 7) is 1.92. The number of hydrogen-bond acceptors (Lipinski definition) is 2. The van der Waals surface area contributed by atoms with Crippen LogP contribution in [0.1, 0.15) is 15.9 Å². The van der Waals surface area contributed by atoms with Gasteiger partial charge in [-0.1, -0.05) is 52.5 Å². The molecule has 0 saturated carbocycles. The van der Waals surface area contributed by atoms with E-state index in [9.17, 15) is 9.18 Å². The lowest BCUT2D eigenvalue weighted by molar-refractivity contribution is 0.0942. The molecule has 3 nitrogen and oxygen atoms in total. The van der Waals surface area contributed by atoms with E-state index >= 15 is 0 Å². The Hall–Kier alpha value is -1.49. The predicted octanol–water partition coefficient (Wildman–Crippen LogP) is 4.67. The van der Waals surface area contributed by atoms with Crippen LogP contribution in [0.25, 0.3) is 0 Å². The number of halogens is 4. The molecule has 0 bridgehead atoms. The number of alkyl halides is 3. The van der Waals surface area contributed by atoms with Gasteiger partial charge in [-0.2, -0.15) is 0 Å². The first-order valence-corrected chi connectivity index (χ1v) is 7.85. The first-order chi connectivity index (χ1) is 10.8. The van der Waals surface area contributed by atoms with Crippen molar-refractivity contribution in [2.45, 2.75) is 16.9 Å². The third kappa shape index (κ3) is 5.27. The summed E-state index contributed by atoms with van der Waals surface area (Å²) in [7, 11) is 0. The van der Waals surface area contributed by atoms with Gasteiger partial charge in [-0.05, 0) is 43.3 Å². The second-order valence-corrected chi connectivity index (χ2v) is 7.33. The Morgan fingerprint density at radius 1 is 1.04 bits per heavy atom. The average Bonchev–Trinajstić information content (AvgIpc) is 2.48. The van der Waals surface area contributed by atoms with Crippen LogP contribution in [0.5, 0.6) is 0 Å². The maximum Gasteiger partial charge on any atom is 0.252 e. The molecule has 2 rings (SSSR count). The number of amides is 1. The van der Waals surface area contributed by atoms with E-state index in [0.29, 0.717) is 11.3 Å². The molecule has 0 aromatic heterocycles. The van der Waals surface area contributed by atoms with Gasteiger partial charge < -0.3 is 10.6 Å². The largest absolute Gasteiger partial charge is 0.362 e. The number of aryl methyl sites for hydroxylation is 1. The number of nitrogens with one attached hydrogen (secondary N) is 2. The molecule has 0 heterocycles. The molecule has 122 valence electrons. The van der Waals surface area contributed by atoms with Gasteiger partial charge in [-0.25, -0.2) is 4.39 Å². The van der Waals surface area contributed by atoms with E-state index in [4.69, 9.17) is 34.8 Å². The van der Waals surface area contributed by atoms with Crippen molar-refractivity contribution in [3.63, 3.8) is 0 Å². The van der Waals surface area contributed by atoms with Crippen LogP contribution >= 0.6 is 34.8 Å². The third-order valence-electron chi connectivity index (χ3n) is 3.07. The van der Waals surface area contributed by atoms with Crippen LogP contribution in [0.4, 0.5) is 10.1 Å². The van der Waals surface area contributed by atoms with E-state index in [1.165, 1.54) is 24.3 Å². The molecule has 1 amide bonds. The summed E-state index contributed by atoms with van der Waals surface area (Å²) >= 11 is 17.8. The molecule has 23 heavy (non-hydrogen) atoms. The normalized spacial score (nSPS) is 12.6. The van der Waals surface area contributed by atoms with Crippen molar-refractivity contribution >= 4 is 46.4 Å². The Balaban J connectivity index is 2.14. The van der Waals surface area contributed by atoms with Crippen molar-refractivity contribution in [1.82, 2.24) is 5.32 Å². The molecule has 0 aliphatic carbocycles. The van der Waals surface area contributed by atoms with E-state index in [1.54, 1.807) is 12.1 Å². The zero-order chi connectivity index (χ0) is 17.0. The van der Waals surface area contributed by atoms with Gasteiger partial charge in [-0.15, -0.1) is 0 Å². The molecule has 0 spiro atoms. The number of benzene rings is 2. The van der Waals surface area contributed by atoms with Crippen molar-refractivity contribution in [3.8, 4) is 0 Å². The summed E-state index contributed by atoms with van der Waals surface area (Å²) in [5.41, 5.74) is 1.98. The Morgan fingerprint density at radius 2 is 1.61 bits per heavy atom. The van der Waals surface area contributed by atoms with Gasteiger partial charge in [0.15, 0.2) is 0 Å². The fourth-order valence-corrected chi connectivity index (χ4v) is 2.16. The molecule has 0 radical (unpaired) electrons. The Morgan fingerprint density at radius 3 is 2.13 bits per heavy atom. The average molecular weight is 376 g/mol. The number of hydrogen-bond donors (Lipinski definition) is 2. The summed E-state index contributed by atoms with van der Waals surface area (Å²) in [6.07, 6.45) is -0.994. The van der Waals surface area contributed by atoms with Gasteiger partial charge in [-0.3, -0.25) is 4.79 Å². The zero-order valence-electron chi connectivity index (χ0n) is 12.1. The van der Waals surface area contributed by atoms with Crippen molar-refractivity contribution in [2.24, 2.45) is 0 Å². The van der Waals surface area contributed by atoms with E-state index in [2.05, 4.69) is 10.6 Å². The molecule has 1 atom stereocenters. The topological polar surface area (TPSA) is 41.1 Å². The van der Waals surface area contributed by atoms with Crippen molar-refractivity contribution in [1.29, 1.82) is 0 Å². The molecule has 0 unspecified atom stereocenters. The smallest absolute Gasteiger partial charge is 0.252 e. The number of carbonyl (C=O) groups excluding carboxylic acids is 1. The van der Waals surface area contributed by atoms with Crippen LogP contribution in [0.2, 0.25) is 0 Å². The SMILES string of the molecule is Cc1ccc(C(=O)N[C@@H](Nc2ccc(F)cc2)C(Cl)(Cl)Cl)cc1. The lowest BCUT2D eigenvalue weighted by Crippen LogP contribution is -2.49. The minimum Gasteiger partial charge on any atom is -0.362 e.